The van der Waals surface area contributed by atoms with Crippen molar-refractivity contribution in [2.24, 2.45) is 11.8 Å². The molecule has 2 aliphatic rings. The van der Waals surface area contributed by atoms with Crippen molar-refractivity contribution in [3.63, 3.8) is 0 Å². The Morgan fingerprint density at radius 3 is 2.44 bits per heavy atom. The van der Waals surface area contributed by atoms with Crippen LogP contribution < -0.4 is 0 Å². The average molecular weight is 387 g/mol. The highest BCUT2D eigenvalue weighted by molar-refractivity contribution is 7.89. The zero-order valence-electron chi connectivity index (χ0n) is 13.6. The van der Waals surface area contributed by atoms with E-state index in [1.807, 2.05) is 0 Å². The fraction of sp³-hybridized carbons (Fsp3) is 0.500. The van der Waals surface area contributed by atoms with E-state index in [1.54, 1.807) is 31.2 Å². The van der Waals surface area contributed by atoms with Crippen LogP contribution in [-0.2, 0) is 14.8 Å². The number of nitrogens with zero attached hydrogens (tertiary/aromatic N) is 2. The molecule has 1 amide bonds. The van der Waals surface area contributed by atoms with Gasteiger partial charge in [0.25, 0.3) is 5.91 Å². The first kappa shape index (κ1) is 18.2. The molecule has 3 rings (SSSR count). The number of halogens is 1. The first-order valence-corrected chi connectivity index (χ1v) is 9.85. The lowest BCUT2D eigenvalue weighted by atomic mass is 9.99. The fourth-order valence-electron chi connectivity index (χ4n) is 3.26. The zero-order chi connectivity index (χ0) is 18.4. The molecule has 1 aromatic carbocycles. The van der Waals surface area contributed by atoms with Crippen LogP contribution >= 0.6 is 11.6 Å². The summed E-state index contributed by atoms with van der Waals surface area (Å²) >= 11 is 5.87. The van der Waals surface area contributed by atoms with Crippen LogP contribution in [0, 0.1) is 11.8 Å². The summed E-state index contributed by atoms with van der Waals surface area (Å²) in [6.45, 7) is 2.16. The number of benzene rings is 1. The number of carboxylic acid groups (broad SMARTS) is 1. The van der Waals surface area contributed by atoms with E-state index < -0.39 is 27.2 Å². The highest BCUT2D eigenvalue weighted by atomic mass is 35.5. The van der Waals surface area contributed by atoms with E-state index >= 15 is 0 Å². The lowest BCUT2D eigenvalue weighted by Crippen LogP contribution is -2.59. The molecule has 1 aromatic rings. The number of carbonyl (C=O) groups is 2. The summed E-state index contributed by atoms with van der Waals surface area (Å²) in [6, 6.07) is 6.51. The van der Waals surface area contributed by atoms with Gasteiger partial charge in [-0.2, -0.15) is 0 Å². The first-order valence-electron chi connectivity index (χ1n) is 7.96. The second kappa shape index (κ2) is 6.59. The molecule has 25 heavy (non-hydrogen) atoms. The summed E-state index contributed by atoms with van der Waals surface area (Å²) in [4.78, 5) is 25.0. The number of rotatable bonds is 4. The van der Waals surface area contributed by atoms with Crippen LogP contribution in [0.25, 0.3) is 0 Å². The molecule has 0 radical (unpaired) electrons. The van der Waals surface area contributed by atoms with Crippen LogP contribution in [0.2, 0.25) is 5.02 Å². The minimum absolute atomic E-state index is 0.00241. The number of hydrogen-bond donors (Lipinski definition) is 1. The van der Waals surface area contributed by atoms with Crippen molar-refractivity contribution in [2.75, 3.05) is 26.2 Å². The van der Waals surface area contributed by atoms with E-state index in [-0.39, 0.29) is 38.0 Å². The van der Waals surface area contributed by atoms with Gasteiger partial charge in [-0.1, -0.05) is 24.6 Å². The molecular formula is C16H19ClN2O5S. The molecule has 2 heterocycles. The predicted octanol–water partition coefficient (Wildman–Crippen LogP) is 1.15. The molecule has 2 saturated heterocycles. The van der Waals surface area contributed by atoms with Gasteiger partial charge in [-0.25, -0.2) is 12.7 Å². The maximum absolute atomic E-state index is 12.7. The van der Waals surface area contributed by atoms with Gasteiger partial charge in [0.2, 0.25) is 10.0 Å². The van der Waals surface area contributed by atoms with E-state index in [0.717, 1.165) is 0 Å². The van der Waals surface area contributed by atoms with Crippen molar-refractivity contribution in [3.05, 3.63) is 34.9 Å². The van der Waals surface area contributed by atoms with Gasteiger partial charge >= 0.3 is 5.97 Å². The molecule has 2 fully saturated rings. The van der Waals surface area contributed by atoms with Crippen molar-refractivity contribution in [3.8, 4) is 0 Å². The molecule has 0 aromatic heterocycles. The third-order valence-corrected chi connectivity index (χ3v) is 7.28. The van der Waals surface area contributed by atoms with E-state index in [2.05, 4.69) is 0 Å². The Bertz CT molecular complexity index is 806. The lowest BCUT2D eigenvalue weighted by molar-refractivity contribution is -0.142. The number of sulfonamides is 1. The first-order chi connectivity index (χ1) is 11.7. The van der Waals surface area contributed by atoms with E-state index in [1.165, 1.54) is 9.21 Å². The Hall–Kier alpha value is -1.64. The van der Waals surface area contributed by atoms with Crippen LogP contribution in [0.1, 0.15) is 17.3 Å². The SMILES string of the molecule is C[C@@H]1CN(S(=O)(=O)C2CN(C(=O)c3cccc(Cl)c3)C2)C[C@H]1C(=O)O. The molecule has 7 nitrogen and oxygen atoms in total. The minimum Gasteiger partial charge on any atom is -0.481 e. The van der Waals surface area contributed by atoms with Crippen LogP contribution in [0.5, 0.6) is 0 Å². The summed E-state index contributed by atoms with van der Waals surface area (Å²) < 4.78 is 26.6. The quantitative estimate of drug-likeness (QED) is 0.837. The minimum atomic E-state index is -3.61. The van der Waals surface area contributed by atoms with Gasteiger partial charge in [0.05, 0.1) is 5.92 Å². The number of aliphatic carboxylic acids is 1. The number of carboxylic acids is 1. The summed E-state index contributed by atoms with van der Waals surface area (Å²) in [7, 11) is -3.61. The number of likely N-dealkylation sites (tertiary alicyclic amines) is 1. The highest BCUT2D eigenvalue weighted by Crippen LogP contribution is 2.30. The highest BCUT2D eigenvalue weighted by Gasteiger charge is 2.47. The van der Waals surface area contributed by atoms with E-state index in [9.17, 15) is 18.0 Å². The Morgan fingerprint density at radius 2 is 1.88 bits per heavy atom. The van der Waals surface area contributed by atoms with Crippen molar-refractivity contribution in [1.29, 1.82) is 0 Å². The predicted molar refractivity (Wildman–Crippen MR) is 91.9 cm³/mol. The molecular weight excluding hydrogens is 368 g/mol. The Morgan fingerprint density at radius 1 is 1.20 bits per heavy atom. The van der Waals surface area contributed by atoms with Crippen molar-refractivity contribution >= 4 is 33.5 Å². The summed E-state index contributed by atoms with van der Waals surface area (Å²) in [5.41, 5.74) is 0.420. The van der Waals surface area contributed by atoms with Crippen LogP contribution in [0.15, 0.2) is 24.3 Å². The largest absolute Gasteiger partial charge is 0.481 e. The molecule has 0 unspecified atom stereocenters. The van der Waals surface area contributed by atoms with Crippen molar-refractivity contribution < 1.29 is 23.1 Å². The zero-order valence-corrected chi connectivity index (χ0v) is 15.2. The Kier molecular flexibility index (Phi) is 4.78. The number of hydrogen-bond acceptors (Lipinski definition) is 4. The van der Waals surface area contributed by atoms with Gasteiger partial charge in [-0.15, -0.1) is 0 Å². The second-order valence-electron chi connectivity index (χ2n) is 6.63. The number of amides is 1. The monoisotopic (exact) mass is 386 g/mol. The average Bonchev–Trinajstić information content (AvgIpc) is 2.88. The third-order valence-electron chi connectivity index (χ3n) is 4.88. The molecule has 1 N–H and O–H groups in total. The summed E-state index contributed by atoms with van der Waals surface area (Å²) in [6.07, 6.45) is 0. The van der Waals surface area contributed by atoms with Gasteiger partial charge in [0.15, 0.2) is 0 Å². The molecule has 9 heteroatoms. The summed E-state index contributed by atoms with van der Waals surface area (Å²) in [5, 5.41) is 8.92. The molecule has 0 saturated carbocycles. The van der Waals surface area contributed by atoms with Gasteiger partial charge in [0, 0.05) is 36.8 Å². The van der Waals surface area contributed by atoms with E-state index in [0.29, 0.717) is 10.6 Å². The van der Waals surface area contributed by atoms with Crippen LogP contribution in [0.4, 0.5) is 0 Å². The maximum Gasteiger partial charge on any atom is 0.308 e. The maximum atomic E-state index is 12.7. The van der Waals surface area contributed by atoms with Gasteiger partial charge in [-0.05, 0) is 24.1 Å². The van der Waals surface area contributed by atoms with Crippen molar-refractivity contribution in [2.45, 2.75) is 12.2 Å². The number of carbonyl (C=O) groups excluding carboxylic acids is 1. The van der Waals surface area contributed by atoms with Gasteiger partial charge in [0.1, 0.15) is 5.25 Å². The Labute approximate surface area is 151 Å². The third kappa shape index (κ3) is 3.38. The molecule has 136 valence electrons. The van der Waals surface area contributed by atoms with Crippen molar-refractivity contribution in [1.82, 2.24) is 9.21 Å². The van der Waals surface area contributed by atoms with E-state index in [4.69, 9.17) is 16.7 Å². The van der Waals surface area contributed by atoms with Gasteiger partial charge in [-0.3, -0.25) is 9.59 Å². The topological polar surface area (TPSA) is 95.0 Å². The fourth-order valence-corrected chi connectivity index (χ4v) is 5.42. The molecule has 0 spiro atoms. The van der Waals surface area contributed by atoms with Gasteiger partial charge < -0.3 is 10.0 Å². The molecule has 2 atom stereocenters. The second-order valence-corrected chi connectivity index (χ2v) is 9.28. The van der Waals surface area contributed by atoms with Crippen LogP contribution in [-0.4, -0.2) is 66.0 Å². The molecule has 2 aliphatic heterocycles. The molecule has 0 aliphatic carbocycles. The smallest absolute Gasteiger partial charge is 0.308 e. The normalized spacial score (nSPS) is 25.0. The van der Waals surface area contributed by atoms with Crippen LogP contribution in [0.3, 0.4) is 0 Å². The standard InChI is InChI=1S/C16H19ClN2O5S/c1-10-6-19(9-14(10)16(21)22)25(23,24)13-7-18(8-13)15(20)11-3-2-4-12(17)5-11/h2-5,10,13-14H,6-9H2,1H3,(H,21,22)/t10-,14-/m1/s1. The Balaban J connectivity index is 1.64. The molecule has 0 bridgehead atoms. The summed E-state index contributed by atoms with van der Waals surface area (Å²) in [5.74, 6) is -2.14. The lowest BCUT2D eigenvalue weighted by Gasteiger charge is -2.40.